The molecule has 1 aliphatic heterocycles. The van der Waals surface area contributed by atoms with Crippen LogP contribution < -0.4 is 4.90 Å². The molecule has 0 saturated carbocycles. The summed E-state index contributed by atoms with van der Waals surface area (Å²) in [6, 6.07) is 7.31. The van der Waals surface area contributed by atoms with Gasteiger partial charge in [-0.1, -0.05) is 19.1 Å². The van der Waals surface area contributed by atoms with E-state index in [1.807, 2.05) is 24.3 Å². The van der Waals surface area contributed by atoms with Crippen molar-refractivity contribution in [2.24, 2.45) is 0 Å². The van der Waals surface area contributed by atoms with Crippen LogP contribution in [0.2, 0.25) is 0 Å². The molecule has 0 aromatic heterocycles. The van der Waals surface area contributed by atoms with E-state index >= 15 is 0 Å². The molecular weight excluding hydrogens is 298 g/mol. The van der Waals surface area contributed by atoms with Gasteiger partial charge in [-0.15, -0.1) is 11.6 Å². The smallest absolute Gasteiger partial charge is 0.242 e. The summed E-state index contributed by atoms with van der Waals surface area (Å²) >= 11 is 5.66. The van der Waals surface area contributed by atoms with Crippen molar-refractivity contribution in [3.8, 4) is 0 Å². The summed E-state index contributed by atoms with van der Waals surface area (Å²) in [4.78, 5) is 13.6. The van der Waals surface area contributed by atoms with Crippen molar-refractivity contribution in [1.29, 1.82) is 0 Å². The summed E-state index contributed by atoms with van der Waals surface area (Å²) in [7, 11) is -3.04. The monoisotopic (exact) mass is 315 g/mol. The summed E-state index contributed by atoms with van der Waals surface area (Å²) in [5, 5.41) is 0. The molecule has 1 aliphatic rings. The number of carbonyl (C=O) groups is 1. The molecule has 0 spiro atoms. The first-order chi connectivity index (χ1) is 9.46. The van der Waals surface area contributed by atoms with E-state index in [0.717, 1.165) is 12.1 Å². The molecule has 0 aliphatic carbocycles. The van der Waals surface area contributed by atoms with Gasteiger partial charge in [0.2, 0.25) is 5.91 Å². The minimum atomic E-state index is -3.04. The molecule has 110 valence electrons. The van der Waals surface area contributed by atoms with Gasteiger partial charge in [-0.25, -0.2) is 8.42 Å². The molecule has 1 amide bonds. The van der Waals surface area contributed by atoms with Crippen LogP contribution in [0.1, 0.15) is 18.9 Å². The Morgan fingerprint density at radius 1 is 1.35 bits per heavy atom. The van der Waals surface area contributed by atoms with Crippen molar-refractivity contribution in [3.05, 3.63) is 29.8 Å². The Balaban J connectivity index is 2.30. The van der Waals surface area contributed by atoms with Crippen molar-refractivity contribution >= 4 is 33.0 Å². The second-order valence-corrected chi connectivity index (χ2v) is 7.47. The van der Waals surface area contributed by atoms with E-state index in [0.29, 0.717) is 6.42 Å². The lowest BCUT2D eigenvalue weighted by Crippen LogP contribution is -2.42. The maximum atomic E-state index is 12.1. The van der Waals surface area contributed by atoms with Crippen LogP contribution in [0.3, 0.4) is 0 Å². The normalized spacial score (nSPS) is 20.8. The highest BCUT2D eigenvalue weighted by Gasteiger charge is 2.35. The minimum Gasteiger partial charge on any atom is -0.307 e. The fourth-order valence-corrected chi connectivity index (χ4v) is 4.32. The first kappa shape index (κ1) is 15.3. The molecule has 20 heavy (non-hydrogen) atoms. The van der Waals surface area contributed by atoms with Crippen molar-refractivity contribution in [2.45, 2.75) is 25.8 Å². The van der Waals surface area contributed by atoms with E-state index in [4.69, 9.17) is 11.6 Å². The number of carbonyl (C=O) groups excluding carboxylic acids is 1. The first-order valence-electron chi connectivity index (χ1n) is 6.64. The fourth-order valence-electron chi connectivity index (χ4n) is 2.49. The Hall–Kier alpha value is -1.07. The summed E-state index contributed by atoms with van der Waals surface area (Å²) in [6.45, 7) is 2.06. The SMILES string of the molecule is CCc1ccc(N(C(=O)CCl)[C@@H]2CCS(=O)(=O)C2)cc1. The summed E-state index contributed by atoms with van der Waals surface area (Å²) in [6.07, 6.45) is 1.39. The average molecular weight is 316 g/mol. The third kappa shape index (κ3) is 3.33. The number of alkyl halides is 1. The number of benzene rings is 1. The number of nitrogens with zero attached hydrogens (tertiary/aromatic N) is 1. The number of hydrogen-bond donors (Lipinski definition) is 0. The van der Waals surface area contributed by atoms with Crippen LogP contribution in [0.5, 0.6) is 0 Å². The average Bonchev–Trinajstić information content (AvgIpc) is 2.79. The van der Waals surface area contributed by atoms with Crippen molar-refractivity contribution in [2.75, 3.05) is 22.3 Å². The highest BCUT2D eigenvalue weighted by atomic mass is 35.5. The largest absolute Gasteiger partial charge is 0.307 e. The standard InChI is InChI=1S/C14H18ClNO3S/c1-2-11-3-5-12(6-4-11)16(14(17)9-15)13-7-8-20(18,19)10-13/h3-6,13H,2,7-10H2,1H3/t13-/m1/s1. The Kier molecular flexibility index (Phi) is 4.70. The highest BCUT2D eigenvalue weighted by Crippen LogP contribution is 2.25. The molecule has 1 saturated heterocycles. The van der Waals surface area contributed by atoms with Crippen molar-refractivity contribution < 1.29 is 13.2 Å². The van der Waals surface area contributed by atoms with Gasteiger partial charge in [-0.2, -0.15) is 0 Å². The number of halogens is 1. The molecule has 0 unspecified atom stereocenters. The number of anilines is 1. The minimum absolute atomic E-state index is 0.0190. The van der Waals surface area contributed by atoms with Gasteiger partial charge >= 0.3 is 0 Å². The summed E-state index contributed by atoms with van der Waals surface area (Å²) < 4.78 is 23.2. The molecule has 1 aromatic rings. The lowest BCUT2D eigenvalue weighted by atomic mass is 10.1. The number of aryl methyl sites for hydroxylation is 1. The Morgan fingerprint density at radius 2 is 2.00 bits per heavy atom. The van der Waals surface area contributed by atoms with Crippen LogP contribution in [-0.4, -0.2) is 37.8 Å². The van der Waals surface area contributed by atoms with E-state index in [1.54, 1.807) is 0 Å². The molecule has 1 atom stereocenters. The number of sulfone groups is 1. The molecule has 1 fully saturated rings. The van der Waals surface area contributed by atoms with Gasteiger partial charge in [0, 0.05) is 5.69 Å². The van der Waals surface area contributed by atoms with Gasteiger partial charge in [-0.05, 0) is 30.5 Å². The van der Waals surface area contributed by atoms with Crippen molar-refractivity contribution in [1.82, 2.24) is 0 Å². The molecule has 1 heterocycles. The molecule has 2 rings (SSSR count). The van der Waals surface area contributed by atoms with Gasteiger partial charge in [0.15, 0.2) is 9.84 Å². The van der Waals surface area contributed by atoms with Crippen molar-refractivity contribution in [3.63, 3.8) is 0 Å². The van der Waals surface area contributed by atoms with Gasteiger partial charge < -0.3 is 4.90 Å². The predicted molar refractivity (Wildman–Crippen MR) is 81.1 cm³/mol. The Labute approximate surface area is 124 Å². The third-order valence-electron chi connectivity index (χ3n) is 3.58. The van der Waals surface area contributed by atoms with E-state index in [-0.39, 0.29) is 29.3 Å². The molecule has 4 nitrogen and oxygen atoms in total. The van der Waals surface area contributed by atoms with E-state index in [1.165, 1.54) is 10.5 Å². The quantitative estimate of drug-likeness (QED) is 0.799. The summed E-state index contributed by atoms with van der Waals surface area (Å²) in [5.74, 6) is -0.244. The van der Waals surface area contributed by atoms with Gasteiger partial charge in [0.25, 0.3) is 0 Å². The molecule has 0 radical (unpaired) electrons. The zero-order valence-corrected chi connectivity index (χ0v) is 13.0. The van der Waals surface area contributed by atoms with E-state index < -0.39 is 9.84 Å². The number of hydrogen-bond acceptors (Lipinski definition) is 3. The van der Waals surface area contributed by atoms with E-state index in [9.17, 15) is 13.2 Å². The maximum absolute atomic E-state index is 12.1. The maximum Gasteiger partial charge on any atom is 0.242 e. The zero-order chi connectivity index (χ0) is 14.8. The van der Waals surface area contributed by atoms with Crippen LogP contribution in [0.15, 0.2) is 24.3 Å². The van der Waals surface area contributed by atoms with E-state index in [2.05, 4.69) is 6.92 Å². The zero-order valence-electron chi connectivity index (χ0n) is 11.4. The van der Waals surface area contributed by atoms with Gasteiger partial charge in [0.05, 0.1) is 17.5 Å². The topological polar surface area (TPSA) is 54.5 Å². The third-order valence-corrected chi connectivity index (χ3v) is 5.56. The second kappa shape index (κ2) is 6.14. The number of amides is 1. The lowest BCUT2D eigenvalue weighted by Gasteiger charge is -2.28. The van der Waals surface area contributed by atoms with Crippen LogP contribution >= 0.6 is 11.6 Å². The van der Waals surface area contributed by atoms with Crippen LogP contribution in [0.25, 0.3) is 0 Å². The van der Waals surface area contributed by atoms with Gasteiger partial charge in [0.1, 0.15) is 5.88 Å². The summed E-state index contributed by atoms with van der Waals surface area (Å²) in [5.41, 5.74) is 1.89. The molecule has 0 N–H and O–H groups in total. The molecule has 0 bridgehead atoms. The highest BCUT2D eigenvalue weighted by molar-refractivity contribution is 7.91. The van der Waals surface area contributed by atoms with Crippen LogP contribution in [0, 0.1) is 0 Å². The molecular formula is C14H18ClNO3S. The van der Waals surface area contributed by atoms with Gasteiger partial charge in [-0.3, -0.25) is 4.79 Å². The first-order valence-corrected chi connectivity index (χ1v) is 9.00. The molecule has 1 aromatic carbocycles. The second-order valence-electron chi connectivity index (χ2n) is 4.97. The predicted octanol–water partition coefficient (Wildman–Crippen LogP) is 2.01. The lowest BCUT2D eigenvalue weighted by molar-refractivity contribution is -0.116. The number of rotatable bonds is 4. The Bertz CT molecular complexity index is 583. The molecule has 6 heteroatoms. The fraction of sp³-hybridized carbons (Fsp3) is 0.500. The van der Waals surface area contributed by atoms with Crippen LogP contribution in [0.4, 0.5) is 5.69 Å². The van der Waals surface area contributed by atoms with Crippen LogP contribution in [-0.2, 0) is 21.1 Å². The Morgan fingerprint density at radius 3 is 2.45 bits per heavy atom.